The van der Waals surface area contributed by atoms with Crippen LogP contribution in [0.25, 0.3) is 0 Å². The summed E-state index contributed by atoms with van der Waals surface area (Å²) in [5.41, 5.74) is 6.04. The molecular weight excluding hydrogens is 134 g/mol. The zero-order chi connectivity index (χ0) is 8.43. The number of nitrogens with two attached hydrogens (primary N) is 1. The molecular formula is C10H21N. The van der Waals surface area contributed by atoms with E-state index in [-0.39, 0.29) is 0 Å². The molecule has 0 radical (unpaired) electrons. The van der Waals surface area contributed by atoms with Crippen LogP contribution in [0.1, 0.15) is 40.0 Å². The highest BCUT2D eigenvalue weighted by molar-refractivity contribution is 4.88. The molecule has 1 rings (SSSR count). The Balaban J connectivity index is 2.45. The van der Waals surface area contributed by atoms with Crippen molar-refractivity contribution in [1.82, 2.24) is 0 Å². The van der Waals surface area contributed by atoms with Gasteiger partial charge < -0.3 is 5.73 Å². The summed E-state index contributed by atoms with van der Waals surface area (Å²) >= 11 is 0. The van der Waals surface area contributed by atoms with Crippen LogP contribution in [0.15, 0.2) is 0 Å². The molecule has 11 heavy (non-hydrogen) atoms. The average molecular weight is 155 g/mol. The highest BCUT2D eigenvalue weighted by atomic mass is 14.7. The minimum atomic E-state index is 0.464. The van der Waals surface area contributed by atoms with Gasteiger partial charge in [-0.15, -0.1) is 0 Å². The molecule has 1 aliphatic carbocycles. The summed E-state index contributed by atoms with van der Waals surface area (Å²) in [5.74, 6) is 2.41. The molecule has 0 saturated heterocycles. The highest BCUT2D eigenvalue weighted by Gasteiger charge is 2.34. The summed E-state index contributed by atoms with van der Waals surface area (Å²) in [6, 6.07) is 0.464. The lowest BCUT2D eigenvalue weighted by atomic mass is 9.92. The maximum absolute atomic E-state index is 6.04. The molecule has 1 fully saturated rings. The van der Waals surface area contributed by atoms with Gasteiger partial charge >= 0.3 is 0 Å². The van der Waals surface area contributed by atoms with Crippen LogP contribution >= 0.6 is 0 Å². The molecule has 0 amide bonds. The molecule has 2 N–H and O–H groups in total. The van der Waals surface area contributed by atoms with Gasteiger partial charge in [0.1, 0.15) is 0 Å². The van der Waals surface area contributed by atoms with Crippen molar-refractivity contribution in [3.05, 3.63) is 0 Å². The lowest BCUT2D eigenvalue weighted by Gasteiger charge is -2.17. The average Bonchev–Trinajstić information content (AvgIpc) is 2.19. The lowest BCUT2D eigenvalue weighted by molar-refractivity contribution is 0.365. The van der Waals surface area contributed by atoms with Crippen LogP contribution in [0, 0.1) is 17.8 Å². The van der Waals surface area contributed by atoms with Gasteiger partial charge in [0.25, 0.3) is 0 Å². The molecule has 1 saturated carbocycles. The van der Waals surface area contributed by atoms with Crippen LogP contribution in [-0.4, -0.2) is 6.04 Å². The molecule has 66 valence electrons. The first kappa shape index (κ1) is 9.05. The van der Waals surface area contributed by atoms with Crippen molar-refractivity contribution in [2.75, 3.05) is 0 Å². The molecule has 1 nitrogen and oxygen atoms in total. The first-order chi connectivity index (χ1) is 5.16. The van der Waals surface area contributed by atoms with Gasteiger partial charge in [-0.05, 0) is 24.2 Å². The SMILES string of the molecule is CCCC1CC(C)C(N)C1C. The fraction of sp³-hybridized carbons (Fsp3) is 1.00. The summed E-state index contributed by atoms with van der Waals surface area (Å²) in [6.45, 7) is 6.87. The Morgan fingerprint density at radius 2 is 2.00 bits per heavy atom. The Morgan fingerprint density at radius 3 is 2.36 bits per heavy atom. The molecule has 1 heteroatoms. The first-order valence-electron chi connectivity index (χ1n) is 4.92. The van der Waals surface area contributed by atoms with Gasteiger partial charge in [-0.3, -0.25) is 0 Å². The predicted molar refractivity (Wildman–Crippen MR) is 49.3 cm³/mol. The van der Waals surface area contributed by atoms with E-state index in [0.717, 1.165) is 17.8 Å². The van der Waals surface area contributed by atoms with Gasteiger partial charge in [-0.1, -0.05) is 33.6 Å². The Kier molecular flexibility index (Phi) is 2.94. The van der Waals surface area contributed by atoms with E-state index in [0.29, 0.717) is 6.04 Å². The zero-order valence-electron chi connectivity index (χ0n) is 8.01. The van der Waals surface area contributed by atoms with E-state index in [1.54, 1.807) is 0 Å². The number of hydrogen-bond acceptors (Lipinski definition) is 1. The Bertz CT molecular complexity index is 122. The molecule has 0 bridgehead atoms. The van der Waals surface area contributed by atoms with Crippen LogP contribution < -0.4 is 5.73 Å². The monoisotopic (exact) mass is 155 g/mol. The Hall–Kier alpha value is -0.0400. The van der Waals surface area contributed by atoms with Crippen molar-refractivity contribution in [2.45, 2.75) is 46.1 Å². The van der Waals surface area contributed by atoms with Crippen molar-refractivity contribution in [2.24, 2.45) is 23.5 Å². The summed E-state index contributed by atoms with van der Waals surface area (Å²) in [6.07, 6.45) is 4.05. The van der Waals surface area contributed by atoms with Gasteiger partial charge in [0, 0.05) is 6.04 Å². The molecule has 0 aromatic carbocycles. The van der Waals surface area contributed by atoms with Crippen LogP contribution in [0.4, 0.5) is 0 Å². The van der Waals surface area contributed by atoms with E-state index in [1.165, 1.54) is 19.3 Å². The maximum atomic E-state index is 6.04. The van der Waals surface area contributed by atoms with Crippen LogP contribution in [0.3, 0.4) is 0 Å². The third-order valence-corrected chi connectivity index (χ3v) is 3.34. The largest absolute Gasteiger partial charge is 0.327 e. The van der Waals surface area contributed by atoms with Crippen molar-refractivity contribution in [3.63, 3.8) is 0 Å². The Labute approximate surface area is 70.4 Å². The fourth-order valence-corrected chi connectivity index (χ4v) is 2.43. The van der Waals surface area contributed by atoms with Crippen LogP contribution in [0.5, 0.6) is 0 Å². The maximum Gasteiger partial charge on any atom is 0.00931 e. The lowest BCUT2D eigenvalue weighted by Crippen LogP contribution is -2.29. The van der Waals surface area contributed by atoms with E-state index in [9.17, 15) is 0 Å². The normalized spacial score (nSPS) is 44.7. The van der Waals surface area contributed by atoms with Gasteiger partial charge in [-0.2, -0.15) is 0 Å². The quantitative estimate of drug-likeness (QED) is 0.651. The minimum absolute atomic E-state index is 0.464. The molecule has 4 unspecified atom stereocenters. The van der Waals surface area contributed by atoms with Crippen molar-refractivity contribution >= 4 is 0 Å². The van der Waals surface area contributed by atoms with Gasteiger partial charge in [0.15, 0.2) is 0 Å². The summed E-state index contributed by atoms with van der Waals surface area (Å²) in [4.78, 5) is 0. The van der Waals surface area contributed by atoms with E-state index in [2.05, 4.69) is 20.8 Å². The van der Waals surface area contributed by atoms with E-state index in [4.69, 9.17) is 5.73 Å². The smallest absolute Gasteiger partial charge is 0.00931 e. The van der Waals surface area contributed by atoms with Crippen molar-refractivity contribution in [1.29, 1.82) is 0 Å². The second kappa shape index (κ2) is 3.57. The fourth-order valence-electron chi connectivity index (χ4n) is 2.43. The first-order valence-corrected chi connectivity index (χ1v) is 4.92. The standard InChI is InChI=1S/C10H21N/c1-4-5-9-6-7(2)10(11)8(9)3/h7-10H,4-6,11H2,1-3H3. The molecule has 1 aliphatic rings. The second-order valence-electron chi connectivity index (χ2n) is 4.20. The Morgan fingerprint density at radius 1 is 1.36 bits per heavy atom. The summed E-state index contributed by atoms with van der Waals surface area (Å²) in [7, 11) is 0. The summed E-state index contributed by atoms with van der Waals surface area (Å²) in [5, 5.41) is 0. The molecule has 0 aromatic heterocycles. The van der Waals surface area contributed by atoms with Crippen molar-refractivity contribution < 1.29 is 0 Å². The van der Waals surface area contributed by atoms with E-state index in [1.807, 2.05) is 0 Å². The van der Waals surface area contributed by atoms with Crippen LogP contribution in [-0.2, 0) is 0 Å². The highest BCUT2D eigenvalue weighted by Crippen LogP contribution is 2.37. The number of hydrogen-bond donors (Lipinski definition) is 1. The third-order valence-electron chi connectivity index (χ3n) is 3.34. The minimum Gasteiger partial charge on any atom is -0.327 e. The predicted octanol–water partition coefficient (Wildman–Crippen LogP) is 2.41. The van der Waals surface area contributed by atoms with Crippen LogP contribution in [0.2, 0.25) is 0 Å². The topological polar surface area (TPSA) is 26.0 Å². The molecule has 4 atom stereocenters. The van der Waals surface area contributed by atoms with Crippen molar-refractivity contribution in [3.8, 4) is 0 Å². The van der Waals surface area contributed by atoms with Gasteiger partial charge in [0.05, 0.1) is 0 Å². The summed E-state index contributed by atoms with van der Waals surface area (Å²) < 4.78 is 0. The second-order valence-corrected chi connectivity index (χ2v) is 4.20. The van der Waals surface area contributed by atoms with E-state index >= 15 is 0 Å². The third kappa shape index (κ3) is 1.76. The molecule has 0 heterocycles. The van der Waals surface area contributed by atoms with Gasteiger partial charge in [-0.25, -0.2) is 0 Å². The zero-order valence-corrected chi connectivity index (χ0v) is 8.01. The molecule has 0 spiro atoms. The van der Waals surface area contributed by atoms with E-state index < -0.39 is 0 Å². The molecule has 0 aromatic rings. The van der Waals surface area contributed by atoms with Gasteiger partial charge in [0.2, 0.25) is 0 Å². The molecule has 0 aliphatic heterocycles. The number of rotatable bonds is 2.